The van der Waals surface area contributed by atoms with Crippen LogP contribution in [-0.2, 0) is 4.79 Å². The van der Waals surface area contributed by atoms with Crippen LogP contribution in [0.3, 0.4) is 0 Å². The van der Waals surface area contributed by atoms with Crippen LogP contribution >= 0.6 is 23.2 Å². The predicted octanol–water partition coefficient (Wildman–Crippen LogP) is 3.19. The van der Waals surface area contributed by atoms with Crippen molar-refractivity contribution in [3.63, 3.8) is 0 Å². The molecule has 1 unspecified atom stereocenters. The summed E-state index contributed by atoms with van der Waals surface area (Å²) >= 11 is 11.8. The Morgan fingerprint density at radius 3 is 2.00 bits per heavy atom. The van der Waals surface area contributed by atoms with E-state index in [1.165, 1.54) is 0 Å². The maximum absolute atomic E-state index is 11.5. The number of hydrogen-bond acceptors (Lipinski definition) is 2. The van der Waals surface area contributed by atoms with Crippen molar-refractivity contribution in [1.82, 2.24) is 4.90 Å². The molecule has 0 heterocycles. The zero-order valence-electron chi connectivity index (χ0n) is 8.92. The third kappa shape index (κ3) is 3.20. The van der Waals surface area contributed by atoms with Crippen LogP contribution in [0.15, 0.2) is 18.2 Å². The molecule has 1 rings (SSSR count). The van der Waals surface area contributed by atoms with Crippen molar-refractivity contribution >= 4 is 29.0 Å². The highest BCUT2D eigenvalue weighted by molar-refractivity contribution is 6.34. The monoisotopic (exact) mass is 245 g/mol. The second kappa shape index (κ2) is 4.97. The molecule has 82 valence electrons. The molecule has 0 aliphatic heterocycles. The van der Waals surface area contributed by atoms with Gasteiger partial charge in [-0.2, -0.15) is 0 Å². The molecule has 4 heteroatoms. The molecule has 1 aromatic rings. The van der Waals surface area contributed by atoms with Crippen molar-refractivity contribution in [3.05, 3.63) is 33.8 Å². The Labute approximate surface area is 99.8 Å². The summed E-state index contributed by atoms with van der Waals surface area (Å²) in [6.07, 6.45) is 0. The van der Waals surface area contributed by atoms with Crippen molar-refractivity contribution in [2.75, 3.05) is 14.1 Å². The van der Waals surface area contributed by atoms with Crippen molar-refractivity contribution in [2.45, 2.75) is 13.0 Å². The van der Waals surface area contributed by atoms with E-state index < -0.39 is 0 Å². The van der Waals surface area contributed by atoms with E-state index in [0.29, 0.717) is 10.0 Å². The summed E-state index contributed by atoms with van der Waals surface area (Å²) in [5.41, 5.74) is 0.824. The number of ketones is 1. The van der Waals surface area contributed by atoms with Crippen LogP contribution in [0.25, 0.3) is 0 Å². The lowest BCUT2D eigenvalue weighted by Gasteiger charge is -2.22. The van der Waals surface area contributed by atoms with Gasteiger partial charge in [-0.05, 0) is 44.8 Å². The van der Waals surface area contributed by atoms with Crippen LogP contribution in [0.2, 0.25) is 10.0 Å². The minimum Gasteiger partial charge on any atom is -0.298 e. The molecule has 0 N–H and O–H groups in total. The van der Waals surface area contributed by atoms with Crippen LogP contribution in [0.5, 0.6) is 0 Å². The molecular weight excluding hydrogens is 233 g/mol. The summed E-state index contributed by atoms with van der Waals surface area (Å²) in [6, 6.07) is 4.89. The highest BCUT2D eigenvalue weighted by Crippen LogP contribution is 2.26. The van der Waals surface area contributed by atoms with E-state index in [4.69, 9.17) is 23.2 Å². The van der Waals surface area contributed by atoms with Gasteiger partial charge >= 0.3 is 0 Å². The van der Waals surface area contributed by atoms with Crippen molar-refractivity contribution in [3.8, 4) is 0 Å². The number of nitrogens with zero attached hydrogens (tertiary/aromatic N) is 1. The molecule has 0 fully saturated rings. The average molecular weight is 246 g/mol. The molecule has 0 bridgehead atoms. The van der Waals surface area contributed by atoms with Gasteiger partial charge in [0.05, 0.1) is 6.04 Å². The van der Waals surface area contributed by atoms with Crippen LogP contribution in [0.1, 0.15) is 18.5 Å². The zero-order chi connectivity index (χ0) is 11.6. The van der Waals surface area contributed by atoms with E-state index in [1.54, 1.807) is 25.1 Å². The first kappa shape index (κ1) is 12.5. The van der Waals surface area contributed by atoms with E-state index in [-0.39, 0.29) is 11.8 Å². The van der Waals surface area contributed by atoms with Gasteiger partial charge in [0, 0.05) is 10.0 Å². The summed E-state index contributed by atoms with van der Waals surface area (Å²) in [7, 11) is 3.70. The maximum atomic E-state index is 11.5. The SMILES string of the molecule is CC(=O)C(c1cc(Cl)cc(Cl)c1)N(C)C. The Morgan fingerprint density at radius 1 is 1.20 bits per heavy atom. The number of carbonyl (C=O) groups is 1. The van der Waals surface area contributed by atoms with Gasteiger partial charge in [-0.25, -0.2) is 0 Å². The first-order valence-corrected chi connectivity index (χ1v) is 5.30. The number of carbonyl (C=O) groups excluding carboxylic acids is 1. The maximum Gasteiger partial charge on any atom is 0.151 e. The van der Waals surface area contributed by atoms with Gasteiger partial charge in [-0.3, -0.25) is 9.69 Å². The highest BCUT2D eigenvalue weighted by Gasteiger charge is 2.19. The van der Waals surface area contributed by atoms with Crippen LogP contribution in [0.4, 0.5) is 0 Å². The summed E-state index contributed by atoms with van der Waals surface area (Å²) in [4.78, 5) is 13.3. The first-order chi connectivity index (χ1) is 6.91. The number of Topliss-reactive ketones (excluding diaryl/α,β-unsaturated/α-hetero) is 1. The van der Waals surface area contributed by atoms with Crippen molar-refractivity contribution in [2.24, 2.45) is 0 Å². The summed E-state index contributed by atoms with van der Waals surface area (Å²) < 4.78 is 0. The summed E-state index contributed by atoms with van der Waals surface area (Å²) in [5, 5.41) is 1.09. The molecule has 0 amide bonds. The van der Waals surface area contributed by atoms with Crippen LogP contribution in [0, 0.1) is 0 Å². The fourth-order valence-electron chi connectivity index (χ4n) is 1.63. The Morgan fingerprint density at radius 2 is 1.67 bits per heavy atom. The molecule has 0 spiro atoms. The standard InChI is InChI=1S/C11H13Cl2NO/c1-7(15)11(14(2)3)8-4-9(12)6-10(13)5-8/h4-6,11H,1-3H3. The highest BCUT2D eigenvalue weighted by atomic mass is 35.5. The Bertz CT molecular complexity index is 357. The quantitative estimate of drug-likeness (QED) is 0.816. The molecule has 0 aromatic heterocycles. The van der Waals surface area contributed by atoms with Gasteiger partial charge in [0.1, 0.15) is 0 Å². The minimum absolute atomic E-state index is 0.0679. The molecule has 0 aliphatic carbocycles. The second-order valence-electron chi connectivity index (χ2n) is 3.68. The van der Waals surface area contributed by atoms with E-state index in [1.807, 2.05) is 19.0 Å². The largest absolute Gasteiger partial charge is 0.298 e. The van der Waals surface area contributed by atoms with Gasteiger partial charge < -0.3 is 0 Å². The molecule has 0 radical (unpaired) electrons. The van der Waals surface area contributed by atoms with Gasteiger partial charge in [-0.1, -0.05) is 23.2 Å². The molecule has 0 saturated heterocycles. The smallest absolute Gasteiger partial charge is 0.151 e. The van der Waals surface area contributed by atoms with E-state index in [9.17, 15) is 4.79 Å². The van der Waals surface area contributed by atoms with E-state index in [0.717, 1.165) is 5.56 Å². The third-order valence-corrected chi connectivity index (χ3v) is 2.54. The van der Waals surface area contributed by atoms with Gasteiger partial charge in [0.2, 0.25) is 0 Å². The molecule has 2 nitrogen and oxygen atoms in total. The topological polar surface area (TPSA) is 20.3 Å². The van der Waals surface area contributed by atoms with Gasteiger partial charge in [0.25, 0.3) is 0 Å². The van der Waals surface area contributed by atoms with Gasteiger partial charge in [-0.15, -0.1) is 0 Å². The zero-order valence-corrected chi connectivity index (χ0v) is 10.4. The number of hydrogen-bond donors (Lipinski definition) is 0. The molecule has 1 aromatic carbocycles. The fraction of sp³-hybridized carbons (Fsp3) is 0.364. The summed E-state index contributed by atoms with van der Waals surface area (Å²) in [6.45, 7) is 1.56. The molecule has 0 saturated carbocycles. The van der Waals surface area contributed by atoms with Crippen LogP contribution < -0.4 is 0 Å². The van der Waals surface area contributed by atoms with Crippen LogP contribution in [-0.4, -0.2) is 24.8 Å². The van der Waals surface area contributed by atoms with Crippen molar-refractivity contribution < 1.29 is 4.79 Å². The first-order valence-electron chi connectivity index (χ1n) is 4.54. The van der Waals surface area contributed by atoms with Gasteiger partial charge in [0.15, 0.2) is 5.78 Å². The Balaban J connectivity index is 3.17. The number of rotatable bonds is 3. The number of halogens is 2. The second-order valence-corrected chi connectivity index (χ2v) is 4.55. The minimum atomic E-state index is -0.291. The normalized spacial score (nSPS) is 12.9. The molecule has 15 heavy (non-hydrogen) atoms. The third-order valence-electron chi connectivity index (χ3n) is 2.10. The summed E-state index contributed by atoms with van der Waals surface area (Å²) in [5.74, 6) is 0.0679. The Kier molecular flexibility index (Phi) is 4.14. The molecular formula is C11H13Cl2NO. The molecule has 0 aliphatic rings. The lowest BCUT2D eigenvalue weighted by molar-refractivity contribution is -0.121. The lowest BCUT2D eigenvalue weighted by Crippen LogP contribution is -2.25. The van der Waals surface area contributed by atoms with E-state index >= 15 is 0 Å². The molecule has 1 atom stereocenters. The Hall–Kier alpha value is -0.570. The van der Waals surface area contributed by atoms with E-state index in [2.05, 4.69) is 0 Å². The van der Waals surface area contributed by atoms with Crippen molar-refractivity contribution in [1.29, 1.82) is 0 Å². The lowest BCUT2D eigenvalue weighted by atomic mass is 10.0. The average Bonchev–Trinajstić information content (AvgIpc) is 1.99. The number of likely N-dealkylation sites (N-methyl/N-ethyl adjacent to an activating group) is 1. The fourth-order valence-corrected chi connectivity index (χ4v) is 2.17. The predicted molar refractivity (Wildman–Crippen MR) is 63.6 cm³/mol. The number of benzene rings is 1.